The van der Waals surface area contributed by atoms with Crippen LogP contribution in [-0.4, -0.2) is 56.5 Å². The molecule has 0 aromatic heterocycles. The number of amides is 1. The molecule has 0 aliphatic carbocycles. The van der Waals surface area contributed by atoms with Crippen LogP contribution >= 0.6 is 0 Å². The summed E-state index contributed by atoms with van der Waals surface area (Å²) in [6.45, 7) is 6.49. The molecule has 3 rings (SSSR count). The minimum Gasteiger partial charge on any atom is -0.454 e. The highest BCUT2D eigenvalue weighted by molar-refractivity contribution is 5.92. The van der Waals surface area contributed by atoms with Crippen LogP contribution < -0.4 is 14.8 Å². The molecule has 1 aromatic rings. The zero-order valence-corrected chi connectivity index (χ0v) is 13.3. The highest BCUT2D eigenvalue weighted by atomic mass is 16.7. The minimum absolute atomic E-state index is 0.0940. The van der Waals surface area contributed by atoms with E-state index in [1.807, 2.05) is 25.1 Å². The van der Waals surface area contributed by atoms with Gasteiger partial charge in [-0.1, -0.05) is 6.07 Å². The van der Waals surface area contributed by atoms with Crippen LogP contribution in [0.5, 0.6) is 11.5 Å². The van der Waals surface area contributed by atoms with Crippen LogP contribution in [0.15, 0.2) is 24.3 Å². The predicted octanol–water partition coefficient (Wildman–Crippen LogP) is 1.27. The first-order valence-corrected chi connectivity index (χ1v) is 7.89. The molecule has 0 saturated carbocycles. The molecule has 6 heteroatoms. The quantitative estimate of drug-likeness (QED) is 0.829. The van der Waals surface area contributed by atoms with Crippen LogP contribution in [0.2, 0.25) is 0 Å². The summed E-state index contributed by atoms with van der Waals surface area (Å²) in [6.07, 6.45) is 3.33. The number of benzene rings is 1. The van der Waals surface area contributed by atoms with Crippen molar-refractivity contribution >= 4 is 12.0 Å². The number of hydrogen-bond donors (Lipinski definition) is 1. The maximum Gasteiger partial charge on any atom is 0.244 e. The first kappa shape index (κ1) is 15.8. The van der Waals surface area contributed by atoms with Crippen LogP contribution in [0.1, 0.15) is 12.5 Å². The fourth-order valence-electron chi connectivity index (χ4n) is 2.70. The van der Waals surface area contributed by atoms with E-state index in [9.17, 15) is 4.79 Å². The molecule has 0 unspecified atom stereocenters. The van der Waals surface area contributed by atoms with Gasteiger partial charge in [0.2, 0.25) is 12.7 Å². The van der Waals surface area contributed by atoms with Gasteiger partial charge in [0.15, 0.2) is 11.5 Å². The highest BCUT2D eigenvalue weighted by Crippen LogP contribution is 2.32. The minimum atomic E-state index is -0.0940. The maximum atomic E-state index is 12.0. The van der Waals surface area contributed by atoms with E-state index in [1.165, 1.54) is 0 Å². The number of hydrogen-bond acceptors (Lipinski definition) is 5. The van der Waals surface area contributed by atoms with Crippen LogP contribution in [0.3, 0.4) is 0 Å². The molecule has 1 amide bonds. The smallest absolute Gasteiger partial charge is 0.244 e. The summed E-state index contributed by atoms with van der Waals surface area (Å²) in [6, 6.07) is 5.71. The molecule has 2 heterocycles. The number of ether oxygens (including phenoxy) is 3. The Morgan fingerprint density at radius 3 is 2.91 bits per heavy atom. The van der Waals surface area contributed by atoms with Gasteiger partial charge in [-0.3, -0.25) is 9.69 Å². The Labute approximate surface area is 136 Å². The Kier molecular flexibility index (Phi) is 5.15. The van der Waals surface area contributed by atoms with Crippen molar-refractivity contribution in [3.8, 4) is 11.5 Å². The van der Waals surface area contributed by atoms with Gasteiger partial charge in [0.05, 0.1) is 13.2 Å². The van der Waals surface area contributed by atoms with Crippen molar-refractivity contribution < 1.29 is 19.0 Å². The predicted molar refractivity (Wildman–Crippen MR) is 86.5 cm³/mol. The third-order valence-electron chi connectivity index (χ3n) is 3.85. The Hall–Kier alpha value is -2.05. The van der Waals surface area contributed by atoms with E-state index in [4.69, 9.17) is 14.2 Å². The van der Waals surface area contributed by atoms with Crippen molar-refractivity contribution in [3.05, 3.63) is 29.8 Å². The van der Waals surface area contributed by atoms with E-state index in [1.54, 1.807) is 12.2 Å². The van der Waals surface area contributed by atoms with E-state index < -0.39 is 0 Å². The summed E-state index contributed by atoms with van der Waals surface area (Å²) in [5.74, 6) is 1.36. The van der Waals surface area contributed by atoms with Gasteiger partial charge in [0, 0.05) is 31.8 Å². The van der Waals surface area contributed by atoms with E-state index in [-0.39, 0.29) is 18.7 Å². The third kappa shape index (κ3) is 4.46. The summed E-state index contributed by atoms with van der Waals surface area (Å²) < 4.78 is 15.9. The largest absolute Gasteiger partial charge is 0.454 e. The van der Waals surface area contributed by atoms with Crippen LogP contribution in [0.25, 0.3) is 6.08 Å². The molecule has 1 atom stereocenters. The summed E-state index contributed by atoms with van der Waals surface area (Å²) in [5.41, 5.74) is 0.908. The Balaban J connectivity index is 1.48. The lowest BCUT2D eigenvalue weighted by Gasteiger charge is -2.29. The van der Waals surface area contributed by atoms with Gasteiger partial charge in [-0.2, -0.15) is 0 Å². The molecule has 23 heavy (non-hydrogen) atoms. The van der Waals surface area contributed by atoms with Gasteiger partial charge in [-0.05, 0) is 30.7 Å². The molecule has 2 aliphatic rings. The monoisotopic (exact) mass is 318 g/mol. The highest BCUT2D eigenvalue weighted by Gasteiger charge is 2.15. The van der Waals surface area contributed by atoms with Crippen LogP contribution in [0, 0.1) is 0 Å². The Morgan fingerprint density at radius 1 is 1.30 bits per heavy atom. The fourth-order valence-corrected chi connectivity index (χ4v) is 2.70. The topological polar surface area (TPSA) is 60.0 Å². The molecule has 0 bridgehead atoms. The third-order valence-corrected chi connectivity index (χ3v) is 3.85. The summed E-state index contributed by atoms with van der Waals surface area (Å²) in [5, 5.41) is 2.99. The molecule has 1 N–H and O–H groups in total. The van der Waals surface area contributed by atoms with Crippen molar-refractivity contribution in [1.29, 1.82) is 0 Å². The molecular weight excluding hydrogens is 296 g/mol. The van der Waals surface area contributed by atoms with Crippen molar-refractivity contribution in [2.45, 2.75) is 13.0 Å². The average Bonchev–Trinajstić information content (AvgIpc) is 3.01. The first-order chi connectivity index (χ1) is 11.2. The van der Waals surface area contributed by atoms with Gasteiger partial charge in [0.1, 0.15) is 0 Å². The molecule has 124 valence electrons. The zero-order chi connectivity index (χ0) is 16.1. The van der Waals surface area contributed by atoms with Crippen molar-refractivity contribution in [2.24, 2.45) is 0 Å². The van der Waals surface area contributed by atoms with Gasteiger partial charge >= 0.3 is 0 Å². The number of nitrogens with zero attached hydrogens (tertiary/aromatic N) is 1. The maximum absolute atomic E-state index is 12.0. The van der Waals surface area contributed by atoms with E-state index in [0.29, 0.717) is 5.75 Å². The second kappa shape index (κ2) is 7.48. The van der Waals surface area contributed by atoms with E-state index in [2.05, 4.69) is 10.2 Å². The molecule has 2 aliphatic heterocycles. The lowest BCUT2D eigenvalue weighted by atomic mass is 10.2. The second-order valence-electron chi connectivity index (χ2n) is 5.77. The number of rotatable bonds is 5. The SMILES string of the molecule is C[C@@H](CN1CCOCC1)NC(=O)/C=C\c1ccc2c(c1)OCO2. The lowest BCUT2D eigenvalue weighted by Crippen LogP contribution is -2.45. The van der Waals surface area contributed by atoms with Crippen LogP contribution in [0.4, 0.5) is 0 Å². The zero-order valence-electron chi connectivity index (χ0n) is 13.3. The number of nitrogens with one attached hydrogen (secondary N) is 1. The normalized spacial score (nSPS) is 19.0. The lowest BCUT2D eigenvalue weighted by molar-refractivity contribution is -0.117. The Morgan fingerprint density at radius 2 is 2.09 bits per heavy atom. The van der Waals surface area contributed by atoms with Gasteiger partial charge in [-0.25, -0.2) is 0 Å². The number of carbonyl (C=O) groups is 1. The molecule has 0 radical (unpaired) electrons. The fraction of sp³-hybridized carbons (Fsp3) is 0.471. The van der Waals surface area contributed by atoms with E-state index >= 15 is 0 Å². The average molecular weight is 318 g/mol. The summed E-state index contributed by atoms with van der Waals surface area (Å²) >= 11 is 0. The summed E-state index contributed by atoms with van der Waals surface area (Å²) in [7, 11) is 0. The van der Waals surface area contributed by atoms with E-state index in [0.717, 1.165) is 44.2 Å². The van der Waals surface area contributed by atoms with Crippen molar-refractivity contribution in [2.75, 3.05) is 39.6 Å². The molecular formula is C17H22N2O4. The van der Waals surface area contributed by atoms with Gasteiger partial charge in [-0.15, -0.1) is 0 Å². The van der Waals surface area contributed by atoms with Crippen molar-refractivity contribution in [3.63, 3.8) is 0 Å². The number of fused-ring (bicyclic) bond motifs is 1. The summed E-state index contributed by atoms with van der Waals surface area (Å²) in [4.78, 5) is 14.3. The standard InChI is InChI=1S/C17H22N2O4/c1-13(11-19-6-8-21-9-7-19)18-17(20)5-3-14-2-4-15-16(10-14)23-12-22-15/h2-5,10,13H,6-9,11-12H2,1H3,(H,18,20)/b5-3-/t13-/m0/s1. The van der Waals surface area contributed by atoms with Crippen LogP contribution in [-0.2, 0) is 9.53 Å². The molecule has 1 saturated heterocycles. The second-order valence-corrected chi connectivity index (χ2v) is 5.77. The number of carbonyl (C=O) groups excluding carboxylic acids is 1. The molecule has 1 fully saturated rings. The van der Waals surface area contributed by atoms with Gasteiger partial charge in [0.25, 0.3) is 0 Å². The van der Waals surface area contributed by atoms with Crippen molar-refractivity contribution in [1.82, 2.24) is 10.2 Å². The van der Waals surface area contributed by atoms with Gasteiger partial charge < -0.3 is 19.5 Å². The molecule has 1 aromatic carbocycles. The number of morpholine rings is 1. The Bertz CT molecular complexity index is 582. The molecule has 0 spiro atoms. The first-order valence-electron chi connectivity index (χ1n) is 7.89. The molecule has 6 nitrogen and oxygen atoms in total.